The van der Waals surface area contributed by atoms with Crippen molar-refractivity contribution >= 4 is 11.1 Å². The first kappa shape index (κ1) is 11.0. The van der Waals surface area contributed by atoms with Crippen LogP contribution in [0.25, 0.3) is 0 Å². The molecule has 1 aliphatic rings. The summed E-state index contributed by atoms with van der Waals surface area (Å²) in [6, 6.07) is 4.74. The standard InChI is InChI=1S/C7H6O4S.Na/c8-12(9)6-3-1-2-5-7(6)11-4-10-5;/h1-3H,4H2,(H,8,9);/q;+1/p-1. The Bertz CT molecular complexity index is 341. The van der Waals surface area contributed by atoms with Gasteiger partial charge in [0, 0.05) is 0 Å². The Hall–Kier alpha value is -0.0700. The van der Waals surface area contributed by atoms with Crippen LogP contribution in [-0.4, -0.2) is 15.6 Å². The fourth-order valence-corrected chi connectivity index (χ4v) is 1.54. The molecule has 1 aliphatic heterocycles. The van der Waals surface area contributed by atoms with Gasteiger partial charge in [-0.2, -0.15) is 0 Å². The molecule has 0 aliphatic carbocycles. The number of fused-ring (bicyclic) bond motifs is 1. The smallest absolute Gasteiger partial charge is 0.768 e. The number of benzene rings is 1. The molecule has 64 valence electrons. The van der Waals surface area contributed by atoms with E-state index in [4.69, 9.17) is 9.47 Å². The van der Waals surface area contributed by atoms with Crippen LogP contribution in [0, 0.1) is 0 Å². The second kappa shape index (κ2) is 4.43. The molecule has 13 heavy (non-hydrogen) atoms. The van der Waals surface area contributed by atoms with Crippen molar-refractivity contribution in [2.75, 3.05) is 6.79 Å². The maximum atomic E-state index is 10.6. The average molecular weight is 208 g/mol. The molecular weight excluding hydrogens is 203 g/mol. The van der Waals surface area contributed by atoms with Crippen LogP contribution >= 0.6 is 0 Å². The van der Waals surface area contributed by atoms with Crippen LogP contribution < -0.4 is 39.0 Å². The first-order valence-corrected chi connectivity index (χ1v) is 4.34. The molecule has 1 aromatic carbocycles. The predicted octanol–water partition coefficient (Wildman–Crippen LogP) is -2.34. The summed E-state index contributed by atoms with van der Waals surface area (Å²) in [5.74, 6) is 0.794. The molecule has 0 saturated heterocycles. The van der Waals surface area contributed by atoms with Gasteiger partial charge in [-0.1, -0.05) is 6.07 Å². The molecule has 6 heteroatoms. The molecule has 2 rings (SSSR count). The molecular formula is C7H5NaO4S. The Balaban J connectivity index is 0.000000845. The molecule has 0 bridgehead atoms. The summed E-state index contributed by atoms with van der Waals surface area (Å²) in [5, 5.41) is 0. The van der Waals surface area contributed by atoms with Gasteiger partial charge >= 0.3 is 29.6 Å². The summed E-state index contributed by atoms with van der Waals surface area (Å²) in [6.45, 7) is 0.0869. The number of rotatable bonds is 1. The third-order valence-corrected chi connectivity index (χ3v) is 2.22. The van der Waals surface area contributed by atoms with E-state index >= 15 is 0 Å². The summed E-state index contributed by atoms with van der Waals surface area (Å²) in [5.41, 5.74) is 0. The minimum Gasteiger partial charge on any atom is -0.768 e. The number of hydrogen-bond donors (Lipinski definition) is 0. The van der Waals surface area contributed by atoms with E-state index < -0.39 is 11.1 Å². The van der Waals surface area contributed by atoms with Gasteiger partial charge in [0.15, 0.2) is 11.5 Å². The zero-order chi connectivity index (χ0) is 8.55. The summed E-state index contributed by atoms with van der Waals surface area (Å²) in [4.78, 5) is 0.144. The SMILES string of the molecule is O=S([O-])c1cccc2c1OCO2.[Na+]. The second-order valence-corrected chi connectivity index (χ2v) is 3.13. The Morgan fingerprint density at radius 2 is 2.15 bits per heavy atom. The van der Waals surface area contributed by atoms with Crippen LogP contribution in [0.15, 0.2) is 23.1 Å². The Morgan fingerprint density at radius 3 is 2.85 bits per heavy atom. The van der Waals surface area contributed by atoms with Gasteiger partial charge in [0.2, 0.25) is 6.79 Å². The van der Waals surface area contributed by atoms with E-state index in [0.29, 0.717) is 11.5 Å². The van der Waals surface area contributed by atoms with E-state index in [1.807, 2.05) is 0 Å². The molecule has 0 radical (unpaired) electrons. The molecule has 0 aromatic heterocycles. The minimum absolute atomic E-state index is 0. The Morgan fingerprint density at radius 1 is 1.38 bits per heavy atom. The molecule has 0 fully saturated rings. The maximum absolute atomic E-state index is 10.6. The van der Waals surface area contributed by atoms with Gasteiger partial charge in [0.25, 0.3) is 0 Å². The molecule has 0 spiro atoms. The molecule has 1 atom stereocenters. The predicted molar refractivity (Wildman–Crippen MR) is 39.8 cm³/mol. The largest absolute Gasteiger partial charge is 1.00 e. The zero-order valence-corrected chi connectivity index (χ0v) is 9.80. The molecule has 1 heterocycles. The minimum atomic E-state index is -2.27. The van der Waals surface area contributed by atoms with E-state index in [1.165, 1.54) is 6.07 Å². The third kappa shape index (κ3) is 2.05. The van der Waals surface area contributed by atoms with Crippen molar-refractivity contribution in [1.29, 1.82) is 0 Å². The van der Waals surface area contributed by atoms with Crippen molar-refractivity contribution < 1.29 is 47.8 Å². The zero-order valence-electron chi connectivity index (χ0n) is 6.98. The quantitative estimate of drug-likeness (QED) is 0.383. The van der Waals surface area contributed by atoms with Gasteiger partial charge in [-0.05, 0) is 23.2 Å². The monoisotopic (exact) mass is 208 g/mol. The van der Waals surface area contributed by atoms with Crippen molar-refractivity contribution in [3.05, 3.63) is 18.2 Å². The molecule has 0 amide bonds. The molecule has 1 unspecified atom stereocenters. The molecule has 1 aromatic rings. The maximum Gasteiger partial charge on any atom is 1.00 e. The van der Waals surface area contributed by atoms with Crippen molar-refractivity contribution in [2.24, 2.45) is 0 Å². The van der Waals surface area contributed by atoms with Crippen LogP contribution in [-0.2, 0) is 11.1 Å². The van der Waals surface area contributed by atoms with Gasteiger partial charge in [-0.25, -0.2) is 0 Å². The first-order valence-electron chi connectivity index (χ1n) is 3.27. The normalized spacial score (nSPS) is 14.8. The summed E-state index contributed by atoms with van der Waals surface area (Å²) in [6.07, 6.45) is 0. The van der Waals surface area contributed by atoms with Crippen LogP contribution in [0.1, 0.15) is 0 Å². The Kier molecular flexibility index (Phi) is 3.75. The molecule has 0 N–H and O–H groups in total. The van der Waals surface area contributed by atoms with Gasteiger partial charge < -0.3 is 14.0 Å². The van der Waals surface area contributed by atoms with Crippen molar-refractivity contribution in [3.8, 4) is 11.5 Å². The van der Waals surface area contributed by atoms with Crippen LogP contribution in [0.4, 0.5) is 0 Å². The topological polar surface area (TPSA) is 58.6 Å². The van der Waals surface area contributed by atoms with Crippen LogP contribution in [0.5, 0.6) is 11.5 Å². The van der Waals surface area contributed by atoms with Crippen LogP contribution in [0.2, 0.25) is 0 Å². The van der Waals surface area contributed by atoms with E-state index in [-0.39, 0.29) is 41.2 Å². The van der Waals surface area contributed by atoms with Crippen molar-refractivity contribution in [3.63, 3.8) is 0 Å². The third-order valence-electron chi connectivity index (χ3n) is 1.54. The van der Waals surface area contributed by atoms with Gasteiger partial charge in [0.05, 0.1) is 4.90 Å². The number of para-hydroxylation sites is 1. The van der Waals surface area contributed by atoms with E-state index in [0.717, 1.165) is 0 Å². The fourth-order valence-electron chi connectivity index (χ4n) is 1.03. The van der Waals surface area contributed by atoms with Crippen molar-refractivity contribution in [1.82, 2.24) is 0 Å². The van der Waals surface area contributed by atoms with E-state index in [1.54, 1.807) is 12.1 Å². The fraction of sp³-hybridized carbons (Fsp3) is 0.143. The summed E-state index contributed by atoms with van der Waals surface area (Å²) < 4.78 is 31.2. The Labute approximate surface area is 99.8 Å². The molecule has 0 saturated carbocycles. The molecule has 4 nitrogen and oxygen atoms in total. The van der Waals surface area contributed by atoms with E-state index in [9.17, 15) is 8.76 Å². The summed E-state index contributed by atoms with van der Waals surface area (Å²) >= 11 is -2.27. The first-order chi connectivity index (χ1) is 5.79. The number of hydrogen-bond acceptors (Lipinski definition) is 4. The van der Waals surface area contributed by atoms with Gasteiger partial charge in [0.1, 0.15) is 0 Å². The number of ether oxygens (including phenoxy) is 2. The van der Waals surface area contributed by atoms with Crippen LogP contribution in [0.3, 0.4) is 0 Å². The van der Waals surface area contributed by atoms with E-state index in [2.05, 4.69) is 0 Å². The summed E-state index contributed by atoms with van der Waals surface area (Å²) in [7, 11) is 0. The van der Waals surface area contributed by atoms with Gasteiger partial charge in [-0.3, -0.25) is 4.21 Å². The van der Waals surface area contributed by atoms with Crippen molar-refractivity contribution in [2.45, 2.75) is 4.90 Å². The van der Waals surface area contributed by atoms with Gasteiger partial charge in [-0.15, -0.1) is 0 Å². The second-order valence-electron chi connectivity index (χ2n) is 2.22. The average Bonchev–Trinajstić information content (AvgIpc) is 2.49.